The molecule has 1 aliphatic rings. The van der Waals surface area contributed by atoms with Gasteiger partial charge in [0.05, 0.1) is 0 Å². The Balaban J connectivity index is 2.13. The summed E-state index contributed by atoms with van der Waals surface area (Å²) in [6.45, 7) is 7.93. The monoisotopic (exact) mass is 327 g/mol. The molecular formula is C18H27Cl2N. The Morgan fingerprint density at radius 1 is 1.24 bits per heavy atom. The van der Waals surface area contributed by atoms with E-state index in [1.165, 1.54) is 24.8 Å². The van der Waals surface area contributed by atoms with Crippen LogP contribution in [0.25, 0.3) is 0 Å². The normalized spacial score (nSPS) is 26.3. The van der Waals surface area contributed by atoms with E-state index in [0.29, 0.717) is 12.0 Å². The van der Waals surface area contributed by atoms with Crippen molar-refractivity contribution in [3.05, 3.63) is 33.8 Å². The quantitative estimate of drug-likeness (QED) is 0.743. The van der Waals surface area contributed by atoms with Crippen LogP contribution < -0.4 is 5.32 Å². The standard InChI is InChI=1S/C18H27Cl2N/c1-4-21-18-8-5-13(12(2)3)9-15(18)10-14-11-16(19)6-7-17(14)20/h6-7,11-13,15,18,21H,4-5,8-10H2,1-3H3. The fourth-order valence-electron chi connectivity index (χ4n) is 3.64. The highest BCUT2D eigenvalue weighted by molar-refractivity contribution is 6.33. The van der Waals surface area contributed by atoms with Gasteiger partial charge in [-0.05, 0) is 73.7 Å². The van der Waals surface area contributed by atoms with Gasteiger partial charge in [0, 0.05) is 16.1 Å². The Morgan fingerprint density at radius 3 is 2.67 bits per heavy atom. The Bertz CT molecular complexity index is 459. The second-order valence-corrected chi connectivity index (χ2v) is 7.52. The molecule has 1 aliphatic carbocycles. The van der Waals surface area contributed by atoms with E-state index in [4.69, 9.17) is 23.2 Å². The van der Waals surface area contributed by atoms with E-state index in [9.17, 15) is 0 Å². The number of halogens is 2. The van der Waals surface area contributed by atoms with Crippen molar-refractivity contribution < 1.29 is 0 Å². The van der Waals surface area contributed by atoms with Gasteiger partial charge in [0.25, 0.3) is 0 Å². The predicted octanol–water partition coefficient (Wildman–Crippen LogP) is 5.59. The van der Waals surface area contributed by atoms with Gasteiger partial charge in [0.1, 0.15) is 0 Å². The average Bonchev–Trinajstić information content (AvgIpc) is 2.44. The highest BCUT2D eigenvalue weighted by Crippen LogP contribution is 2.37. The van der Waals surface area contributed by atoms with Crippen LogP contribution in [0, 0.1) is 17.8 Å². The molecule has 1 fully saturated rings. The first-order chi connectivity index (χ1) is 10.0. The van der Waals surface area contributed by atoms with Gasteiger partial charge in [-0.2, -0.15) is 0 Å². The molecular weight excluding hydrogens is 301 g/mol. The largest absolute Gasteiger partial charge is 0.314 e. The second kappa shape index (κ2) is 7.85. The molecule has 0 saturated heterocycles. The summed E-state index contributed by atoms with van der Waals surface area (Å²) in [6.07, 6.45) is 4.94. The van der Waals surface area contributed by atoms with Crippen LogP contribution >= 0.6 is 23.2 Å². The van der Waals surface area contributed by atoms with Crippen molar-refractivity contribution in [3.8, 4) is 0 Å². The molecule has 0 radical (unpaired) electrons. The summed E-state index contributed by atoms with van der Waals surface area (Å²) in [4.78, 5) is 0. The molecule has 0 aromatic heterocycles. The van der Waals surface area contributed by atoms with E-state index in [0.717, 1.165) is 34.8 Å². The van der Waals surface area contributed by atoms with Crippen molar-refractivity contribution in [1.29, 1.82) is 0 Å². The molecule has 3 heteroatoms. The van der Waals surface area contributed by atoms with Gasteiger partial charge < -0.3 is 5.32 Å². The molecule has 0 bridgehead atoms. The lowest BCUT2D eigenvalue weighted by molar-refractivity contribution is 0.169. The van der Waals surface area contributed by atoms with Gasteiger partial charge in [0.15, 0.2) is 0 Å². The molecule has 1 aromatic rings. The minimum absolute atomic E-state index is 0.611. The molecule has 0 spiro atoms. The second-order valence-electron chi connectivity index (χ2n) is 6.68. The smallest absolute Gasteiger partial charge is 0.0439 e. The summed E-state index contributed by atoms with van der Waals surface area (Å²) in [6, 6.07) is 6.43. The first kappa shape index (κ1) is 17.1. The van der Waals surface area contributed by atoms with Crippen molar-refractivity contribution in [2.45, 2.75) is 52.5 Å². The van der Waals surface area contributed by atoms with Crippen LogP contribution in [0.4, 0.5) is 0 Å². The third kappa shape index (κ3) is 4.61. The molecule has 1 N–H and O–H groups in total. The molecule has 0 aliphatic heterocycles. The maximum Gasteiger partial charge on any atom is 0.0439 e. The predicted molar refractivity (Wildman–Crippen MR) is 93.3 cm³/mol. The van der Waals surface area contributed by atoms with E-state index in [-0.39, 0.29) is 0 Å². The Kier molecular flexibility index (Phi) is 6.40. The third-order valence-electron chi connectivity index (χ3n) is 4.92. The maximum absolute atomic E-state index is 6.36. The molecule has 118 valence electrons. The molecule has 2 rings (SSSR count). The third-order valence-corrected chi connectivity index (χ3v) is 5.53. The van der Waals surface area contributed by atoms with E-state index < -0.39 is 0 Å². The van der Waals surface area contributed by atoms with Crippen LogP contribution in [-0.4, -0.2) is 12.6 Å². The summed E-state index contributed by atoms with van der Waals surface area (Å²) in [5.74, 6) is 2.26. The first-order valence-electron chi connectivity index (χ1n) is 8.18. The average molecular weight is 328 g/mol. The van der Waals surface area contributed by atoms with E-state index in [2.05, 4.69) is 26.1 Å². The van der Waals surface area contributed by atoms with E-state index in [1.807, 2.05) is 18.2 Å². The molecule has 3 atom stereocenters. The van der Waals surface area contributed by atoms with Gasteiger partial charge in [0.2, 0.25) is 0 Å². The highest BCUT2D eigenvalue weighted by atomic mass is 35.5. The number of nitrogens with one attached hydrogen (secondary N) is 1. The van der Waals surface area contributed by atoms with Gasteiger partial charge in [-0.15, -0.1) is 0 Å². The minimum atomic E-state index is 0.611. The topological polar surface area (TPSA) is 12.0 Å². The van der Waals surface area contributed by atoms with Crippen molar-refractivity contribution >= 4 is 23.2 Å². The minimum Gasteiger partial charge on any atom is -0.314 e. The highest BCUT2D eigenvalue weighted by Gasteiger charge is 2.31. The Labute approximate surface area is 139 Å². The van der Waals surface area contributed by atoms with Crippen LogP contribution in [0.15, 0.2) is 18.2 Å². The molecule has 0 amide bonds. The lowest BCUT2D eigenvalue weighted by Gasteiger charge is -2.38. The van der Waals surface area contributed by atoms with Gasteiger partial charge in [-0.3, -0.25) is 0 Å². The van der Waals surface area contributed by atoms with Crippen LogP contribution in [0.3, 0.4) is 0 Å². The van der Waals surface area contributed by atoms with Crippen LogP contribution in [-0.2, 0) is 6.42 Å². The number of hydrogen-bond acceptors (Lipinski definition) is 1. The molecule has 1 nitrogen and oxygen atoms in total. The lowest BCUT2D eigenvalue weighted by atomic mass is 9.71. The van der Waals surface area contributed by atoms with Crippen LogP contribution in [0.5, 0.6) is 0 Å². The van der Waals surface area contributed by atoms with Crippen LogP contribution in [0.1, 0.15) is 45.6 Å². The Hall–Kier alpha value is -0.240. The number of benzene rings is 1. The van der Waals surface area contributed by atoms with E-state index in [1.54, 1.807) is 0 Å². The SMILES string of the molecule is CCNC1CCC(C(C)C)CC1Cc1cc(Cl)ccc1Cl. The maximum atomic E-state index is 6.36. The summed E-state index contributed by atoms with van der Waals surface area (Å²) in [7, 11) is 0. The van der Waals surface area contributed by atoms with Crippen molar-refractivity contribution in [3.63, 3.8) is 0 Å². The van der Waals surface area contributed by atoms with Crippen molar-refractivity contribution in [2.24, 2.45) is 17.8 Å². The summed E-state index contributed by atoms with van der Waals surface area (Å²) in [5.41, 5.74) is 1.20. The Morgan fingerprint density at radius 2 is 2.00 bits per heavy atom. The van der Waals surface area contributed by atoms with E-state index >= 15 is 0 Å². The van der Waals surface area contributed by atoms with Gasteiger partial charge >= 0.3 is 0 Å². The molecule has 1 aromatic carbocycles. The summed E-state index contributed by atoms with van der Waals surface area (Å²) >= 11 is 12.5. The lowest BCUT2D eigenvalue weighted by Crippen LogP contribution is -2.42. The van der Waals surface area contributed by atoms with Gasteiger partial charge in [-0.1, -0.05) is 44.0 Å². The zero-order chi connectivity index (χ0) is 15.4. The fraction of sp³-hybridized carbons (Fsp3) is 0.667. The molecule has 3 unspecified atom stereocenters. The van der Waals surface area contributed by atoms with Crippen LogP contribution in [0.2, 0.25) is 10.0 Å². The molecule has 1 saturated carbocycles. The molecule has 21 heavy (non-hydrogen) atoms. The number of hydrogen-bond donors (Lipinski definition) is 1. The zero-order valence-corrected chi connectivity index (χ0v) is 14.8. The van der Waals surface area contributed by atoms with Crippen molar-refractivity contribution in [1.82, 2.24) is 5.32 Å². The zero-order valence-electron chi connectivity index (χ0n) is 13.3. The fourth-order valence-corrected chi connectivity index (χ4v) is 4.03. The summed E-state index contributed by atoms with van der Waals surface area (Å²) in [5, 5.41) is 5.30. The first-order valence-corrected chi connectivity index (χ1v) is 8.94. The molecule has 0 heterocycles. The number of rotatable bonds is 5. The van der Waals surface area contributed by atoms with Gasteiger partial charge in [-0.25, -0.2) is 0 Å². The van der Waals surface area contributed by atoms with Crippen molar-refractivity contribution in [2.75, 3.05) is 6.54 Å². The summed E-state index contributed by atoms with van der Waals surface area (Å²) < 4.78 is 0.